The largest absolute Gasteiger partial charge is 0.342 e. The van der Waals surface area contributed by atoms with E-state index in [1.807, 2.05) is 30.3 Å². The molecule has 0 unspecified atom stereocenters. The third-order valence-electron chi connectivity index (χ3n) is 4.89. The average molecular weight is 387 g/mol. The van der Waals surface area contributed by atoms with Crippen molar-refractivity contribution in [1.29, 1.82) is 0 Å². The first-order chi connectivity index (χ1) is 13.1. The maximum Gasteiger partial charge on any atom is 0.243 e. The number of carbonyl (C=O) groups excluding carboxylic acids is 1. The third kappa shape index (κ3) is 5.17. The molecule has 0 bridgehead atoms. The van der Waals surface area contributed by atoms with Gasteiger partial charge in [-0.25, -0.2) is 8.42 Å². The summed E-state index contributed by atoms with van der Waals surface area (Å²) >= 11 is 0. The van der Waals surface area contributed by atoms with Gasteiger partial charge in [0.15, 0.2) is 0 Å². The first-order valence-electron chi connectivity index (χ1n) is 9.44. The Balaban J connectivity index is 1.78. The van der Waals surface area contributed by atoms with Gasteiger partial charge in [-0.2, -0.15) is 4.31 Å². The number of nitrogens with zero attached hydrogens (tertiary/aromatic N) is 2. The zero-order valence-electron chi connectivity index (χ0n) is 15.5. The van der Waals surface area contributed by atoms with Crippen molar-refractivity contribution in [2.45, 2.75) is 30.6 Å². The lowest BCUT2D eigenvalue weighted by Crippen LogP contribution is -2.45. The van der Waals surface area contributed by atoms with Gasteiger partial charge in [-0.3, -0.25) is 4.79 Å². The Labute approximate surface area is 161 Å². The molecule has 2 aromatic rings. The number of hydrogen-bond donors (Lipinski definition) is 0. The average Bonchev–Trinajstić information content (AvgIpc) is 2.73. The van der Waals surface area contributed by atoms with E-state index < -0.39 is 10.0 Å². The molecule has 0 radical (unpaired) electrons. The number of benzene rings is 2. The Morgan fingerprint density at radius 3 is 2.11 bits per heavy atom. The maximum atomic E-state index is 13.1. The molecule has 6 heteroatoms. The molecule has 3 rings (SSSR count). The van der Waals surface area contributed by atoms with Crippen LogP contribution in [0.15, 0.2) is 65.6 Å². The zero-order valence-corrected chi connectivity index (χ0v) is 16.3. The lowest BCUT2D eigenvalue weighted by molar-refractivity contribution is -0.132. The molecular formula is C21H26N2O3S. The van der Waals surface area contributed by atoms with Gasteiger partial charge in [0.1, 0.15) is 0 Å². The summed E-state index contributed by atoms with van der Waals surface area (Å²) in [7, 11) is -3.72. The number of piperidine rings is 1. The van der Waals surface area contributed by atoms with Crippen LogP contribution < -0.4 is 0 Å². The Bertz CT molecular complexity index is 832. The van der Waals surface area contributed by atoms with E-state index in [1.165, 1.54) is 4.31 Å². The van der Waals surface area contributed by atoms with E-state index in [0.717, 1.165) is 37.9 Å². The van der Waals surface area contributed by atoms with Gasteiger partial charge in [0.05, 0.1) is 11.4 Å². The minimum atomic E-state index is -3.72. The number of hydrogen-bond acceptors (Lipinski definition) is 3. The van der Waals surface area contributed by atoms with Gasteiger partial charge in [-0.1, -0.05) is 48.5 Å². The number of rotatable bonds is 7. The van der Waals surface area contributed by atoms with Crippen LogP contribution in [0.5, 0.6) is 0 Å². The molecule has 144 valence electrons. The monoisotopic (exact) mass is 386 g/mol. The third-order valence-corrected chi connectivity index (χ3v) is 6.75. The van der Waals surface area contributed by atoms with Gasteiger partial charge in [0, 0.05) is 19.6 Å². The van der Waals surface area contributed by atoms with Crippen LogP contribution >= 0.6 is 0 Å². The van der Waals surface area contributed by atoms with E-state index in [2.05, 4.69) is 0 Å². The summed E-state index contributed by atoms with van der Waals surface area (Å²) in [5, 5.41) is 0. The summed E-state index contributed by atoms with van der Waals surface area (Å²) in [6.07, 6.45) is 3.67. The SMILES string of the molecule is O=C(CN(CCc1ccccc1)S(=O)(=O)c1ccccc1)N1CCCCC1. The smallest absolute Gasteiger partial charge is 0.243 e. The van der Waals surface area contributed by atoms with Crippen LogP contribution in [-0.4, -0.2) is 49.7 Å². The van der Waals surface area contributed by atoms with Crippen LogP contribution in [-0.2, 0) is 21.2 Å². The van der Waals surface area contributed by atoms with Gasteiger partial charge < -0.3 is 4.90 Å². The number of likely N-dealkylation sites (tertiary alicyclic amines) is 1. The predicted molar refractivity (Wildman–Crippen MR) is 106 cm³/mol. The molecule has 1 aliphatic rings. The molecule has 1 aliphatic heterocycles. The van der Waals surface area contributed by atoms with Crippen molar-refractivity contribution >= 4 is 15.9 Å². The van der Waals surface area contributed by atoms with Crippen LogP contribution in [0.1, 0.15) is 24.8 Å². The zero-order chi connectivity index (χ0) is 19.1. The Morgan fingerprint density at radius 1 is 0.889 bits per heavy atom. The lowest BCUT2D eigenvalue weighted by atomic mass is 10.1. The van der Waals surface area contributed by atoms with Crippen molar-refractivity contribution in [1.82, 2.24) is 9.21 Å². The van der Waals surface area contributed by atoms with Crippen LogP contribution in [0.25, 0.3) is 0 Å². The van der Waals surface area contributed by atoms with Gasteiger partial charge in [0.2, 0.25) is 15.9 Å². The topological polar surface area (TPSA) is 57.7 Å². The van der Waals surface area contributed by atoms with Crippen LogP contribution in [0, 0.1) is 0 Å². The van der Waals surface area contributed by atoms with Gasteiger partial charge in [0.25, 0.3) is 0 Å². The van der Waals surface area contributed by atoms with Crippen molar-refractivity contribution in [3.63, 3.8) is 0 Å². The summed E-state index contributed by atoms with van der Waals surface area (Å²) in [5.41, 5.74) is 1.05. The summed E-state index contributed by atoms with van der Waals surface area (Å²) < 4.78 is 27.6. The second kappa shape index (κ2) is 9.15. The molecule has 5 nitrogen and oxygen atoms in total. The van der Waals surface area contributed by atoms with Crippen LogP contribution in [0.3, 0.4) is 0 Å². The minimum absolute atomic E-state index is 0.107. The summed E-state index contributed by atoms with van der Waals surface area (Å²) in [6, 6.07) is 18.1. The van der Waals surface area contributed by atoms with E-state index in [9.17, 15) is 13.2 Å². The minimum Gasteiger partial charge on any atom is -0.342 e. The van der Waals surface area contributed by atoms with E-state index in [1.54, 1.807) is 35.2 Å². The molecule has 1 amide bonds. The van der Waals surface area contributed by atoms with Gasteiger partial charge in [-0.15, -0.1) is 0 Å². The quantitative estimate of drug-likeness (QED) is 0.735. The summed E-state index contributed by atoms with van der Waals surface area (Å²) in [5.74, 6) is -0.109. The molecule has 2 aromatic carbocycles. The van der Waals surface area contributed by atoms with Crippen molar-refractivity contribution in [3.8, 4) is 0 Å². The van der Waals surface area contributed by atoms with Gasteiger partial charge in [-0.05, 0) is 43.4 Å². The second-order valence-electron chi connectivity index (χ2n) is 6.83. The highest BCUT2D eigenvalue weighted by atomic mass is 32.2. The molecule has 0 aromatic heterocycles. The number of carbonyl (C=O) groups is 1. The lowest BCUT2D eigenvalue weighted by Gasteiger charge is -2.29. The Kier molecular flexibility index (Phi) is 6.63. The van der Waals surface area contributed by atoms with E-state index in [4.69, 9.17) is 0 Å². The summed E-state index contributed by atoms with van der Waals surface area (Å²) in [6.45, 7) is 1.61. The molecule has 1 heterocycles. The van der Waals surface area contributed by atoms with Crippen molar-refractivity contribution in [2.24, 2.45) is 0 Å². The Morgan fingerprint density at radius 2 is 1.48 bits per heavy atom. The molecule has 0 saturated carbocycles. The van der Waals surface area contributed by atoms with Crippen LogP contribution in [0.2, 0.25) is 0 Å². The number of amides is 1. The van der Waals surface area contributed by atoms with E-state index in [0.29, 0.717) is 6.42 Å². The molecule has 0 N–H and O–H groups in total. The summed E-state index contributed by atoms with van der Waals surface area (Å²) in [4.78, 5) is 14.7. The fourth-order valence-electron chi connectivity index (χ4n) is 3.32. The normalized spacial score (nSPS) is 15.1. The highest BCUT2D eigenvalue weighted by Crippen LogP contribution is 2.17. The molecular weight excluding hydrogens is 360 g/mol. The van der Waals surface area contributed by atoms with Crippen molar-refractivity contribution in [3.05, 3.63) is 66.2 Å². The predicted octanol–water partition coefficient (Wildman–Crippen LogP) is 2.93. The molecule has 0 atom stereocenters. The molecule has 1 saturated heterocycles. The van der Waals surface area contributed by atoms with E-state index in [-0.39, 0.29) is 23.9 Å². The molecule has 27 heavy (non-hydrogen) atoms. The molecule has 0 spiro atoms. The first-order valence-corrected chi connectivity index (χ1v) is 10.9. The highest BCUT2D eigenvalue weighted by Gasteiger charge is 2.28. The van der Waals surface area contributed by atoms with E-state index >= 15 is 0 Å². The second-order valence-corrected chi connectivity index (χ2v) is 8.77. The fraction of sp³-hybridized carbons (Fsp3) is 0.381. The van der Waals surface area contributed by atoms with Crippen LogP contribution in [0.4, 0.5) is 0 Å². The Hall–Kier alpha value is -2.18. The maximum absolute atomic E-state index is 13.1. The van der Waals surface area contributed by atoms with Crippen molar-refractivity contribution < 1.29 is 13.2 Å². The molecule has 1 fully saturated rings. The first kappa shape index (κ1) is 19.6. The fourth-order valence-corrected chi connectivity index (χ4v) is 4.73. The molecule has 0 aliphatic carbocycles. The standard InChI is InChI=1S/C21H26N2O3S/c24-21(22-15-8-3-9-16-22)18-23(17-14-19-10-4-1-5-11-19)27(25,26)20-12-6-2-7-13-20/h1-2,4-7,10-13H,3,8-9,14-18H2. The van der Waals surface area contributed by atoms with Crippen molar-refractivity contribution in [2.75, 3.05) is 26.2 Å². The van der Waals surface area contributed by atoms with Gasteiger partial charge >= 0.3 is 0 Å². The number of sulfonamides is 1. The highest BCUT2D eigenvalue weighted by molar-refractivity contribution is 7.89.